The molecule has 1 aliphatic heterocycles. The first-order chi connectivity index (χ1) is 28.3. The second-order valence-electron chi connectivity index (χ2n) is 14.0. The normalized spacial score (nSPS) is 13.8. The molecule has 58 heavy (non-hydrogen) atoms. The van der Waals surface area contributed by atoms with Gasteiger partial charge in [-0.3, -0.25) is 14.4 Å². The van der Waals surface area contributed by atoms with Crippen molar-refractivity contribution in [2.24, 2.45) is 0 Å². The van der Waals surface area contributed by atoms with Gasteiger partial charge in [-0.1, -0.05) is 72.5 Å². The van der Waals surface area contributed by atoms with Gasteiger partial charge in [-0.05, 0) is 78.6 Å². The van der Waals surface area contributed by atoms with Crippen LogP contribution in [0.5, 0.6) is 5.75 Å². The van der Waals surface area contributed by atoms with E-state index in [0.717, 1.165) is 75.3 Å². The van der Waals surface area contributed by atoms with Gasteiger partial charge in [-0.25, -0.2) is 0 Å². The average molecular weight is 860 g/mol. The number of rotatable bonds is 19. The predicted octanol–water partition coefficient (Wildman–Crippen LogP) is 11.6. The van der Waals surface area contributed by atoms with Gasteiger partial charge in [0.15, 0.2) is 0 Å². The van der Waals surface area contributed by atoms with E-state index in [1.165, 1.54) is 0 Å². The van der Waals surface area contributed by atoms with E-state index in [0.29, 0.717) is 60.6 Å². The van der Waals surface area contributed by atoms with Gasteiger partial charge >= 0.3 is 8.60 Å². The van der Waals surface area contributed by atoms with Gasteiger partial charge in [-0.15, -0.1) is 11.6 Å². The van der Waals surface area contributed by atoms with Crippen molar-refractivity contribution >= 4 is 109 Å². The van der Waals surface area contributed by atoms with Crippen LogP contribution in [0.15, 0.2) is 78.9 Å². The molecular formula is C43H47ClN5O6PS2. The number of carbonyl (C=O) groups is 3. The Morgan fingerprint density at radius 1 is 0.845 bits per heavy atom. The summed E-state index contributed by atoms with van der Waals surface area (Å²) in [7, 11) is 1.62. The number of halogens is 1. The smallest absolute Gasteiger partial charge is 0.397 e. The van der Waals surface area contributed by atoms with Crippen molar-refractivity contribution in [2.45, 2.75) is 51.9 Å². The molecule has 4 aromatic carbocycles. The lowest BCUT2D eigenvalue weighted by atomic mass is 9.95. The summed E-state index contributed by atoms with van der Waals surface area (Å²) in [5, 5.41) is 9.37. The molecule has 0 saturated heterocycles. The summed E-state index contributed by atoms with van der Waals surface area (Å²) < 4.78 is 18.7. The summed E-state index contributed by atoms with van der Waals surface area (Å²) in [5.74, 6) is 1.01. The Morgan fingerprint density at radius 2 is 1.48 bits per heavy atom. The third kappa shape index (κ3) is 9.62. The minimum atomic E-state index is -1.66. The maximum atomic E-state index is 14.4. The zero-order valence-corrected chi connectivity index (χ0v) is 36.0. The molecule has 2 aromatic heterocycles. The molecule has 0 spiro atoms. The maximum Gasteiger partial charge on any atom is 0.397 e. The largest absolute Gasteiger partial charge is 0.426 e. The molecule has 1 aliphatic rings. The number of amides is 3. The lowest BCUT2D eigenvalue weighted by Gasteiger charge is -2.21. The Hall–Kier alpha value is -4.23. The van der Waals surface area contributed by atoms with E-state index in [1.54, 1.807) is 44.7 Å². The highest BCUT2D eigenvalue weighted by molar-refractivity contribution is 8.76. The summed E-state index contributed by atoms with van der Waals surface area (Å²) in [5.41, 5.74) is 5.32. The van der Waals surface area contributed by atoms with Crippen LogP contribution in [0.4, 0.5) is 17.1 Å². The van der Waals surface area contributed by atoms with Gasteiger partial charge in [0.2, 0.25) is 5.91 Å². The molecule has 0 radical (unpaired) electrons. The molecule has 11 nitrogen and oxygen atoms in total. The molecule has 7 rings (SSSR count). The first-order valence-electron chi connectivity index (χ1n) is 19.5. The molecule has 0 fully saturated rings. The Morgan fingerprint density at radius 3 is 2.14 bits per heavy atom. The molecular weight excluding hydrogens is 813 g/mol. The molecule has 0 aliphatic carbocycles. The van der Waals surface area contributed by atoms with E-state index >= 15 is 0 Å². The average Bonchev–Trinajstić information content (AvgIpc) is 3.96. The van der Waals surface area contributed by atoms with Crippen molar-refractivity contribution in [1.29, 1.82) is 0 Å². The minimum absolute atomic E-state index is 0.0529. The number of nitrogens with zero attached hydrogens (tertiary/aromatic N) is 1. The first-order valence-corrected chi connectivity index (χ1v) is 23.9. The number of unbranched alkanes of at least 4 members (excludes halogenated alkanes) is 2. The van der Waals surface area contributed by atoms with Gasteiger partial charge in [0.1, 0.15) is 17.1 Å². The molecule has 4 N–H and O–H groups in total. The summed E-state index contributed by atoms with van der Waals surface area (Å²) in [6.07, 6.45) is 6.19. The van der Waals surface area contributed by atoms with Crippen LogP contribution < -0.4 is 20.1 Å². The molecule has 6 aromatic rings. The first kappa shape index (κ1) is 41.9. The fraction of sp³-hybridized carbons (Fsp3) is 0.326. The van der Waals surface area contributed by atoms with Crippen LogP contribution in [0.3, 0.4) is 0 Å². The van der Waals surface area contributed by atoms with Crippen LogP contribution in [0.1, 0.15) is 78.4 Å². The van der Waals surface area contributed by atoms with Gasteiger partial charge < -0.3 is 39.1 Å². The summed E-state index contributed by atoms with van der Waals surface area (Å²) in [6.45, 7) is 5.70. The number of hydrogen-bond acceptors (Lipinski definition) is 8. The highest BCUT2D eigenvalue weighted by Gasteiger charge is 2.36. The van der Waals surface area contributed by atoms with E-state index < -0.39 is 8.60 Å². The molecule has 304 valence electrons. The quantitative estimate of drug-likeness (QED) is 0.0273. The van der Waals surface area contributed by atoms with E-state index in [-0.39, 0.29) is 23.6 Å². The number of alkyl halides is 1. The highest BCUT2D eigenvalue weighted by Crippen LogP contribution is 2.50. The van der Waals surface area contributed by atoms with Crippen LogP contribution >= 0.6 is 41.8 Å². The van der Waals surface area contributed by atoms with Gasteiger partial charge in [0, 0.05) is 75.1 Å². The third-order valence-corrected chi connectivity index (χ3v) is 13.2. The van der Waals surface area contributed by atoms with Gasteiger partial charge in [0.25, 0.3) is 11.8 Å². The van der Waals surface area contributed by atoms with Gasteiger partial charge in [-0.2, -0.15) is 0 Å². The highest BCUT2D eigenvalue weighted by atomic mass is 35.5. The maximum absolute atomic E-state index is 14.4. The Balaban J connectivity index is 1.10. The standard InChI is InChI=1S/C43H47ClN5O6PS2/c1-4-6-17-53-56(54-18-7-5-2)55-39-24-38-41(33-11-9-8-10-32(33)39)29(25-44)26-49(38)43(52)37-23-28-21-31(13-15-35(28)48-37)46-42(51)36-22-27-20-30(12-14-34(27)47-36)45-40(50)16-19-58-57-3/h8-15,20-24,29,47-48H,4-7,16-19,25-26H2,1-3H3,(H,45,50)(H,46,51)/t29-/m1/s1. The van der Waals surface area contributed by atoms with Crippen LogP contribution in [0.2, 0.25) is 0 Å². The lowest BCUT2D eigenvalue weighted by Crippen LogP contribution is -2.30. The fourth-order valence-electron chi connectivity index (χ4n) is 6.99. The fourth-order valence-corrected chi connectivity index (χ4v) is 9.47. The van der Waals surface area contributed by atoms with Crippen LogP contribution in [-0.4, -0.2) is 65.3 Å². The number of aromatic nitrogens is 2. The number of nitrogens with one attached hydrogen (secondary N) is 4. The summed E-state index contributed by atoms with van der Waals surface area (Å²) in [6, 6.07) is 24.5. The SMILES string of the molecule is CCCCOP(OCCCC)Oc1cc2c(c3ccccc13)[C@H](CCl)CN2C(=O)c1cc2cc(NC(=O)c3cc4cc(NC(=O)CCSSC)ccc4[nH]3)ccc2[nH]1. The van der Waals surface area contributed by atoms with Crippen molar-refractivity contribution in [2.75, 3.05) is 53.2 Å². The molecule has 0 bridgehead atoms. The van der Waals surface area contributed by atoms with E-state index in [4.69, 9.17) is 25.2 Å². The Kier molecular flexibility index (Phi) is 14.2. The van der Waals surface area contributed by atoms with E-state index in [2.05, 4.69) is 34.4 Å². The number of benzene rings is 4. The number of carbonyl (C=O) groups excluding carboxylic acids is 3. The second kappa shape index (κ2) is 19.7. The summed E-state index contributed by atoms with van der Waals surface area (Å²) >= 11 is 6.59. The van der Waals surface area contributed by atoms with E-state index in [1.807, 2.05) is 66.9 Å². The number of fused-ring (bicyclic) bond motifs is 5. The van der Waals surface area contributed by atoms with Crippen molar-refractivity contribution in [3.05, 3.63) is 95.8 Å². The molecule has 0 saturated carbocycles. The Bertz CT molecular complexity index is 2410. The van der Waals surface area contributed by atoms with Crippen molar-refractivity contribution in [1.82, 2.24) is 9.97 Å². The zero-order chi connectivity index (χ0) is 40.6. The van der Waals surface area contributed by atoms with Crippen molar-refractivity contribution < 1.29 is 28.0 Å². The molecule has 3 heterocycles. The third-order valence-electron chi connectivity index (χ3n) is 9.91. The van der Waals surface area contributed by atoms with Crippen molar-refractivity contribution in [3.63, 3.8) is 0 Å². The summed E-state index contributed by atoms with van der Waals surface area (Å²) in [4.78, 5) is 48.4. The van der Waals surface area contributed by atoms with E-state index in [9.17, 15) is 14.4 Å². The number of anilines is 3. The lowest BCUT2D eigenvalue weighted by molar-refractivity contribution is -0.115. The Labute approximate surface area is 352 Å². The molecule has 0 unspecified atom stereocenters. The molecule has 3 amide bonds. The second-order valence-corrected chi connectivity index (χ2v) is 18.2. The van der Waals surface area contributed by atoms with Gasteiger partial charge in [0.05, 0.1) is 18.9 Å². The monoisotopic (exact) mass is 859 g/mol. The number of aromatic amines is 2. The predicted molar refractivity (Wildman–Crippen MR) is 242 cm³/mol. The van der Waals surface area contributed by atoms with Crippen LogP contribution in [0.25, 0.3) is 32.6 Å². The number of hydrogen-bond donors (Lipinski definition) is 4. The van der Waals surface area contributed by atoms with Crippen molar-refractivity contribution in [3.8, 4) is 5.75 Å². The van der Waals surface area contributed by atoms with Crippen LogP contribution in [0, 0.1) is 0 Å². The molecule has 15 heteroatoms. The van der Waals surface area contributed by atoms with Crippen LogP contribution in [-0.2, 0) is 13.8 Å². The number of H-pyrrole nitrogens is 2. The minimum Gasteiger partial charge on any atom is -0.426 e. The zero-order valence-electron chi connectivity index (χ0n) is 32.7. The molecule has 1 atom stereocenters. The topological polar surface area (TPSA) is 138 Å².